The van der Waals surface area contributed by atoms with Crippen LogP contribution < -0.4 is 10.6 Å². The Bertz CT molecular complexity index is 698. The number of likely N-dealkylation sites (tertiary alicyclic amines) is 1. The number of hydrogen-bond donors (Lipinski definition) is 2. The molecule has 0 bridgehead atoms. The van der Waals surface area contributed by atoms with Gasteiger partial charge in [0.15, 0.2) is 0 Å². The van der Waals surface area contributed by atoms with Crippen LogP contribution in [-0.4, -0.2) is 70.6 Å². The fourth-order valence-corrected chi connectivity index (χ4v) is 3.79. The Morgan fingerprint density at radius 1 is 1.37 bits per heavy atom. The van der Waals surface area contributed by atoms with E-state index in [2.05, 4.69) is 15.6 Å². The van der Waals surface area contributed by atoms with Crippen molar-refractivity contribution < 1.29 is 19.1 Å². The SMILES string of the molecule is COC(=O)[C@H](Cc1cncn1C)NC(=O)[C@@H]1CCCN1C(=O)[C@@H]1CCCN1. The first-order valence-corrected chi connectivity index (χ1v) is 9.38. The molecule has 2 aliphatic heterocycles. The first kappa shape index (κ1) is 19.3. The van der Waals surface area contributed by atoms with Gasteiger partial charge in [-0.2, -0.15) is 0 Å². The minimum absolute atomic E-state index is 0.0218. The lowest BCUT2D eigenvalue weighted by Crippen LogP contribution is -2.54. The first-order chi connectivity index (χ1) is 13.0. The van der Waals surface area contributed by atoms with Crippen LogP contribution in [0.4, 0.5) is 0 Å². The summed E-state index contributed by atoms with van der Waals surface area (Å²) in [4.78, 5) is 43.4. The van der Waals surface area contributed by atoms with E-state index in [4.69, 9.17) is 4.74 Å². The number of amides is 2. The zero-order chi connectivity index (χ0) is 19.4. The van der Waals surface area contributed by atoms with Crippen molar-refractivity contribution in [1.82, 2.24) is 25.1 Å². The van der Waals surface area contributed by atoms with Gasteiger partial charge in [0.05, 0.1) is 19.5 Å². The van der Waals surface area contributed by atoms with Gasteiger partial charge in [0.1, 0.15) is 12.1 Å². The van der Waals surface area contributed by atoms with Crippen molar-refractivity contribution in [3.8, 4) is 0 Å². The highest BCUT2D eigenvalue weighted by molar-refractivity contribution is 5.92. The lowest BCUT2D eigenvalue weighted by molar-refractivity contribution is -0.146. The van der Waals surface area contributed by atoms with Crippen molar-refractivity contribution in [2.45, 2.75) is 50.2 Å². The molecule has 27 heavy (non-hydrogen) atoms. The molecule has 9 nitrogen and oxygen atoms in total. The Balaban J connectivity index is 1.67. The molecule has 9 heteroatoms. The van der Waals surface area contributed by atoms with E-state index in [0.717, 1.165) is 31.5 Å². The monoisotopic (exact) mass is 377 g/mol. The molecule has 0 saturated carbocycles. The fourth-order valence-electron chi connectivity index (χ4n) is 3.79. The van der Waals surface area contributed by atoms with Crippen LogP contribution in [0.15, 0.2) is 12.5 Å². The molecule has 2 saturated heterocycles. The topological polar surface area (TPSA) is 106 Å². The van der Waals surface area contributed by atoms with E-state index in [-0.39, 0.29) is 24.3 Å². The molecule has 3 heterocycles. The number of imidazole rings is 1. The predicted octanol–water partition coefficient (Wildman–Crippen LogP) is -0.637. The van der Waals surface area contributed by atoms with Crippen molar-refractivity contribution in [3.63, 3.8) is 0 Å². The number of hydrogen-bond acceptors (Lipinski definition) is 6. The number of rotatable bonds is 6. The van der Waals surface area contributed by atoms with Crippen LogP contribution in [0.1, 0.15) is 31.4 Å². The van der Waals surface area contributed by atoms with Gasteiger partial charge in [-0.3, -0.25) is 9.59 Å². The van der Waals surface area contributed by atoms with Gasteiger partial charge in [-0.15, -0.1) is 0 Å². The molecule has 0 radical (unpaired) electrons. The maximum absolute atomic E-state index is 12.9. The lowest BCUT2D eigenvalue weighted by Gasteiger charge is -2.28. The molecule has 148 valence electrons. The molecule has 3 atom stereocenters. The minimum Gasteiger partial charge on any atom is -0.467 e. The quantitative estimate of drug-likeness (QED) is 0.639. The Hall–Kier alpha value is -2.42. The van der Waals surface area contributed by atoms with Crippen LogP contribution in [0.25, 0.3) is 0 Å². The molecule has 0 spiro atoms. The molecule has 2 amide bonds. The van der Waals surface area contributed by atoms with Gasteiger partial charge in [0.2, 0.25) is 11.8 Å². The molecule has 2 fully saturated rings. The number of ether oxygens (including phenoxy) is 1. The Morgan fingerprint density at radius 3 is 2.81 bits per heavy atom. The smallest absolute Gasteiger partial charge is 0.328 e. The number of nitrogens with zero attached hydrogens (tertiary/aromatic N) is 3. The maximum atomic E-state index is 12.9. The largest absolute Gasteiger partial charge is 0.467 e. The molecule has 1 aromatic heterocycles. The number of nitrogens with one attached hydrogen (secondary N) is 2. The van der Waals surface area contributed by atoms with Crippen molar-refractivity contribution in [2.24, 2.45) is 7.05 Å². The number of carbonyl (C=O) groups excluding carboxylic acids is 3. The first-order valence-electron chi connectivity index (χ1n) is 9.38. The van der Waals surface area contributed by atoms with Gasteiger partial charge in [-0.05, 0) is 32.2 Å². The van der Waals surface area contributed by atoms with Gasteiger partial charge >= 0.3 is 5.97 Å². The summed E-state index contributed by atoms with van der Waals surface area (Å²) in [5.41, 5.74) is 0.806. The van der Waals surface area contributed by atoms with Crippen molar-refractivity contribution in [1.29, 1.82) is 0 Å². The second-order valence-corrected chi connectivity index (χ2v) is 7.12. The maximum Gasteiger partial charge on any atom is 0.328 e. The van der Waals surface area contributed by atoms with Crippen LogP contribution in [0.3, 0.4) is 0 Å². The third kappa shape index (κ3) is 4.29. The van der Waals surface area contributed by atoms with Crippen molar-refractivity contribution in [2.75, 3.05) is 20.2 Å². The average molecular weight is 377 g/mol. The molecule has 2 aliphatic rings. The summed E-state index contributed by atoms with van der Waals surface area (Å²) in [5.74, 6) is -0.847. The number of methoxy groups -OCH3 is 1. The summed E-state index contributed by atoms with van der Waals surface area (Å²) in [6.45, 7) is 1.40. The number of esters is 1. The van der Waals surface area contributed by atoms with E-state index >= 15 is 0 Å². The fraction of sp³-hybridized carbons (Fsp3) is 0.667. The third-order valence-corrected chi connectivity index (χ3v) is 5.33. The summed E-state index contributed by atoms with van der Waals surface area (Å²) in [7, 11) is 3.12. The van der Waals surface area contributed by atoms with E-state index < -0.39 is 18.1 Å². The molecular weight excluding hydrogens is 350 g/mol. The molecular formula is C18H27N5O4. The molecule has 0 aliphatic carbocycles. The van der Waals surface area contributed by atoms with E-state index in [1.807, 2.05) is 7.05 Å². The summed E-state index contributed by atoms with van der Waals surface area (Å²) in [5, 5.41) is 5.97. The van der Waals surface area contributed by atoms with Crippen molar-refractivity contribution >= 4 is 17.8 Å². The molecule has 0 aromatic carbocycles. The molecule has 2 N–H and O–H groups in total. The number of aryl methyl sites for hydroxylation is 1. The summed E-state index contributed by atoms with van der Waals surface area (Å²) < 4.78 is 6.64. The van der Waals surface area contributed by atoms with Gasteiger partial charge in [-0.25, -0.2) is 9.78 Å². The van der Waals surface area contributed by atoms with Gasteiger partial charge in [0.25, 0.3) is 0 Å². The zero-order valence-corrected chi connectivity index (χ0v) is 15.8. The van der Waals surface area contributed by atoms with Crippen molar-refractivity contribution in [3.05, 3.63) is 18.2 Å². The summed E-state index contributed by atoms with van der Waals surface area (Å²) in [6.07, 6.45) is 6.72. The van der Waals surface area contributed by atoms with Gasteiger partial charge in [0, 0.05) is 31.9 Å². The molecule has 1 aromatic rings. The Morgan fingerprint density at radius 2 is 2.19 bits per heavy atom. The Labute approximate surface area is 158 Å². The summed E-state index contributed by atoms with van der Waals surface area (Å²) >= 11 is 0. The third-order valence-electron chi connectivity index (χ3n) is 5.33. The van der Waals surface area contributed by atoms with E-state index in [9.17, 15) is 14.4 Å². The van der Waals surface area contributed by atoms with Crippen LogP contribution in [-0.2, 0) is 32.6 Å². The minimum atomic E-state index is -0.819. The van der Waals surface area contributed by atoms with Crippen LogP contribution in [0.5, 0.6) is 0 Å². The highest BCUT2D eigenvalue weighted by atomic mass is 16.5. The molecule has 0 unspecified atom stereocenters. The zero-order valence-electron chi connectivity index (χ0n) is 15.8. The predicted molar refractivity (Wildman–Crippen MR) is 96.6 cm³/mol. The highest BCUT2D eigenvalue weighted by Crippen LogP contribution is 2.21. The van der Waals surface area contributed by atoms with E-state index in [0.29, 0.717) is 13.0 Å². The molecule has 3 rings (SSSR count). The standard InChI is InChI=1S/C18H27N5O4/c1-22-11-19-10-12(22)9-14(18(26)27-2)21-16(24)15-6-4-8-23(15)17(25)13-5-3-7-20-13/h10-11,13-15,20H,3-9H2,1-2H3,(H,21,24)/t13-,14-,15-/m0/s1. The lowest BCUT2D eigenvalue weighted by atomic mass is 10.1. The second kappa shape index (κ2) is 8.51. The summed E-state index contributed by atoms with van der Waals surface area (Å²) in [6, 6.07) is -1.57. The van der Waals surface area contributed by atoms with E-state index in [1.54, 1.807) is 22.0 Å². The van der Waals surface area contributed by atoms with E-state index in [1.165, 1.54) is 7.11 Å². The number of aromatic nitrogens is 2. The average Bonchev–Trinajstić information content (AvgIpc) is 3.42. The van der Waals surface area contributed by atoms with Crippen LogP contribution in [0, 0.1) is 0 Å². The van der Waals surface area contributed by atoms with Crippen LogP contribution >= 0.6 is 0 Å². The highest BCUT2D eigenvalue weighted by Gasteiger charge is 2.39. The number of carbonyl (C=O) groups is 3. The normalized spacial score (nSPS) is 23.3. The Kier molecular flexibility index (Phi) is 6.10. The van der Waals surface area contributed by atoms with Gasteiger partial charge in [-0.1, -0.05) is 0 Å². The second-order valence-electron chi connectivity index (χ2n) is 7.12. The van der Waals surface area contributed by atoms with Crippen LogP contribution in [0.2, 0.25) is 0 Å². The van der Waals surface area contributed by atoms with Gasteiger partial charge < -0.3 is 24.8 Å².